The minimum Gasteiger partial charge on any atom is -0.385 e. The smallest absolute Gasteiger partial charge is 0.240 e. The molecule has 2 aliphatic carbocycles. The van der Waals surface area contributed by atoms with Crippen molar-refractivity contribution in [2.45, 2.75) is 43.7 Å². The molecule has 0 aromatic rings. The predicted octanol–water partition coefficient (Wildman–Crippen LogP) is 0.426. The van der Waals surface area contributed by atoms with Crippen LogP contribution >= 0.6 is 0 Å². The van der Waals surface area contributed by atoms with E-state index in [1.807, 2.05) is 0 Å². The summed E-state index contributed by atoms with van der Waals surface area (Å²) in [5.74, 6) is 0.0988. The van der Waals surface area contributed by atoms with Crippen molar-refractivity contribution in [1.29, 1.82) is 0 Å². The summed E-state index contributed by atoms with van der Waals surface area (Å²) in [6.45, 7) is 1.69. The van der Waals surface area contributed by atoms with E-state index in [2.05, 4.69) is 5.32 Å². The van der Waals surface area contributed by atoms with Gasteiger partial charge in [-0.05, 0) is 38.0 Å². The molecule has 2 rings (SSSR count). The van der Waals surface area contributed by atoms with Gasteiger partial charge in [0.25, 0.3) is 0 Å². The summed E-state index contributed by atoms with van der Waals surface area (Å²) in [5.41, 5.74) is 4.99. The molecule has 5 nitrogen and oxygen atoms in total. The number of nitrogens with one attached hydrogen (secondary N) is 1. The van der Waals surface area contributed by atoms with Crippen molar-refractivity contribution in [3.8, 4) is 0 Å². The van der Waals surface area contributed by atoms with Gasteiger partial charge >= 0.3 is 0 Å². The van der Waals surface area contributed by atoms with E-state index >= 15 is 0 Å². The molecule has 1 amide bonds. The van der Waals surface area contributed by atoms with E-state index in [0.29, 0.717) is 31.8 Å². The number of ether oxygens (including phenoxy) is 2. The monoisotopic (exact) mass is 256 g/mol. The Morgan fingerprint density at radius 3 is 2.56 bits per heavy atom. The highest BCUT2D eigenvalue weighted by Gasteiger charge is 2.52. The minimum atomic E-state index is -0.631. The molecular weight excluding hydrogens is 232 g/mol. The maximum Gasteiger partial charge on any atom is 0.240 e. The van der Waals surface area contributed by atoms with Crippen LogP contribution in [-0.2, 0) is 14.3 Å². The maximum absolute atomic E-state index is 11.8. The van der Waals surface area contributed by atoms with Gasteiger partial charge in [-0.3, -0.25) is 10.1 Å². The number of carbonyl (C=O) groups excluding carboxylic acids is 1. The number of nitrogens with two attached hydrogens (primary N) is 1. The van der Waals surface area contributed by atoms with E-state index in [-0.39, 0.29) is 5.91 Å². The lowest BCUT2D eigenvalue weighted by atomic mass is 9.93. The summed E-state index contributed by atoms with van der Waals surface area (Å²) in [5, 5.41) is 3.43. The second kappa shape index (κ2) is 5.99. The van der Waals surface area contributed by atoms with Crippen LogP contribution in [-0.4, -0.2) is 44.4 Å². The molecule has 2 fully saturated rings. The summed E-state index contributed by atoms with van der Waals surface area (Å²) in [4.78, 5) is 11.8. The molecule has 2 aliphatic rings. The zero-order valence-corrected chi connectivity index (χ0v) is 11.1. The number of carbonyl (C=O) groups is 1. The lowest BCUT2D eigenvalue weighted by Gasteiger charge is -2.32. The highest BCUT2D eigenvalue weighted by Crippen LogP contribution is 2.41. The Hall–Kier alpha value is -0.650. The maximum atomic E-state index is 11.8. The third-order valence-electron chi connectivity index (χ3n) is 3.72. The predicted molar refractivity (Wildman–Crippen MR) is 68.1 cm³/mol. The van der Waals surface area contributed by atoms with E-state index in [1.165, 1.54) is 0 Å². The van der Waals surface area contributed by atoms with Crippen LogP contribution in [0.15, 0.2) is 0 Å². The number of rotatable bonds is 10. The first-order valence-electron chi connectivity index (χ1n) is 6.83. The van der Waals surface area contributed by atoms with Gasteiger partial charge in [0.05, 0.1) is 6.61 Å². The van der Waals surface area contributed by atoms with E-state index in [1.54, 1.807) is 7.11 Å². The Morgan fingerprint density at radius 1 is 1.33 bits per heavy atom. The summed E-state index contributed by atoms with van der Waals surface area (Å²) >= 11 is 0. The van der Waals surface area contributed by atoms with Gasteiger partial charge in [-0.2, -0.15) is 0 Å². The molecule has 0 aliphatic heterocycles. The van der Waals surface area contributed by atoms with Crippen LogP contribution in [0.1, 0.15) is 32.1 Å². The standard InChI is InChI=1S/C13H24N2O3/c1-17-7-2-8-18-9-13(12(14)16,10-3-4-10)15-11-5-6-11/h10-11,15H,2-9H2,1H3,(H2,14,16). The summed E-state index contributed by atoms with van der Waals surface area (Å²) in [6, 6.07) is 0.459. The largest absolute Gasteiger partial charge is 0.385 e. The topological polar surface area (TPSA) is 73.6 Å². The first-order valence-corrected chi connectivity index (χ1v) is 6.83. The molecule has 0 spiro atoms. The SMILES string of the molecule is COCCCOCC(NC1CC1)(C(N)=O)C1CC1. The van der Waals surface area contributed by atoms with Crippen molar-refractivity contribution in [3.63, 3.8) is 0 Å². The molecule has 18 heavy (non-hydrogen) atoms. The van der Waals surface area contributed by atoms with Crippen LogP contribution in [0, 0.1) is 5.92 Å². The van der Waals surface area contributed by atoms with E-state index < -0.39 is 5.54 Å². The van der Waals surface area contributed by atoms with Gasteiger partial charge in [0.2, 0.25) is 5.91 Å². The Kier molecular flexibility index (Phi) is 4.59. The highest BCUT2D eigenvalue weighted by atomic mass is 16.5. The molecule has 0 radical (unpaired) electrons. The Labute approximate surface area is 108 Å². The molecule has 1 atom stereocenters. The second-order valence-corrected chi connectivity index (χ2v) is 5.43. The fraction of sp³-hybridized carbons (Fsp3) is 0.923. The Balaban J connectivity index is 1.84. The molecule has 0 bridgehead atoms. The van der Waals surface area contributed by atoms with Gasteiger partial charge < -0.3 is 15.2 Å². The van der Waals surface area contributed by atoms with Crippen LogP contribution in [0.25, 0.3) is 0 Å². The molecule has 0 aromatic heterocycles. The summed E-state index contributed by atoms with van der Waals surface area (Å²) in [6.07, 6.45) is 5.28. The normalized spacial score (nSPS) is 22.7. The van der Waals surface area contributed by atoms with Crippen molar-refractivity contribution in [1.82, 2.24) is 5.32 Å². The van der Waals surface area contributed by atoms with Crippen molar-refractivity contribution >= 4 is 5.91 Å². The zero-order valence-electron chi connectivity index (χ0n) is 11.1. The number of hydrogen-bond acceptors (Lipinski definition) is 4. The fourth-order valence-corrected chi connectivity index (χ4v) is 2.33. The van der Waals surface area contributed by atoms with Crippen molar-refractivity contribution in [2.24, 2.45) is 11.7 Å². The van der Waals surface area contributed by atoms with Crippen molar-refractivity contribution < 1.29 is 14.3 Å². The molecule has 3 N–H and O–H groups in total. The van der Waals surface area contributed by atoms with Crippen LogP contribution in [0.5, 0.6) is 0 Å². The average Bonchev–Trinajstić information content (AvgIpc) is 3.19. The van der Waals surface area contributed by atoms with Crippen LogP contribution < -0.4 is 11.1 Å². The average molecular weight is 256 g/mol. The van der Waals surface area contributed by atoms with Crippen LogP contribution in [0.4, 0.5) is 0 Å². The lowest BCUT2D eigenvalue weighted by Crippen LogP contribution is -2.61. The fourth-order valence-electron chi connectivity index (χ4n) is 2.33. The van der Waals surface area contributed by atoms with Gasteiger partial charge in [0.1, 0.15) is 5.54 Å². The van der Waals surface area contributed by atoms with Crippen molar-refractivity contribution in [2.75, 3.05) is 26.9 Å². The van der Waals surface area contributed by atoms with Gasteiger partial charge in [-0.15, -0.1) is 0 Å². The van der Waals surface area contributed by atoms with Crippen molar-refractivity contribution in [3.05, 3.63) is 0 Å². The molecule has 2 saturated carbocycles. The highest BCUT2D eigenvalue weighted by molar-refractivity contribution is 5.86. The van der Waals surface area contributed by atoms with Gasteiger partial charge in [-0.1, -0.05) is 0 Å². The first kappa shape index (κ1) is 13.8. The molecule has 0 aromatic carbocycles. The number of primary amides is 1. The third-order valence-corrected chi connectivity index (χ3v) is 3.72. The van der Waals surface area contributed by atoms with Crippen LogP contribution in [0.3, 0.4) is 0 Å². The molecule has 1 unspecified atom stereocenters. The van der Waals surface area contributed by atoms with E-state index in [0.717, 1.165) is 32.1 Å². The molecule has 104 valence electrons. The Morgan fingerprint density at radius 2 is 2.06 bits per heavy atom. The number of methoxy groups -OCH3 is 1. The molecular formula is C13H24N2O3. The second-order valence-electron chi connectivity index (χ2n) is 5.43. The van der Waals surface area contributed by atoms with Gasteiger partial charge in [0, 0.05) is 26.4 Å². The number of amides is 1. The number of hydrogen-bond donors (Lipinski definition) is 2. The zero-order chi connectivity index (χ0) is 13.0. The Bertz CT molecular complexity index is 290. The minimum absolute atomic E-state index is 0.261. The summed E-state index contributed by atoms with van der Waals surface area (Å²) in [7, 11) is 1.67. The molecule has 0 saturated heterocycles. The molecule has 0 heterocycles. The third kappa shape index (κ3) is 3.43. The van der Waals surface area contributed by atoms with E-state index in [4.69, 9.17) is 15.2 Å². The van der Waals surface area contributed by atoms with Gasteiger partial charge in [-0.25, -0.2) is 0 Å². The lowest BCUT2D eigenvalue weighted by molar-refractivity contribution is -0.128. The molecule has 5 heteroatoms. The van der Waals surface area contributed by atoms with Gasteiger partial charge in [0.15, 0.2) is 0 Å². The first-order chi connectivity index (χ1) is 8.69. The quantitative estimate of drug-likeness (QED) is 0.556. The summed E-state index contributed by atoms with van der Waals surface area (Å²) < 4.78 is 10.6. The van der Waals surface area contributed by atoms with Crippen LogP contribution in [0.2, 0.25) is 0 Å². The van der Waals surface area contributed by atoms with E-state index in [9.17, 15) is 4.79 Å².